The first-order chi connectivity index (χ1) is 33.0. The van der Waals surface area contributed by atoms with Crippen molar-refractivity contribution in [2.75, 3.05) is 126 Å². The van der Waals surface area contributed by atoms with E-state index in [1.165, 1.54) is 23.5 Å². The van der Waals surface area contributed by atoms with Gasteiger partial charge in [0.1, 0.15) is 19.0 Å². The number of hydrogen-bond acceptors (Lipinski definition) is 15. The van der Waals surface area contributed by atoms with Gasteiger partial charge in [-0.3, -0.25) is 13.9 Å². The SMILES string of the molecule is COCCOCCOCCOCCOCCOCCOCCOCCOCCOC(=O)C=Cc1ccc(-c2nc3c(c(=O)n(CC4CCCCC4)c(=O)n3CC3CCCCC3)n2CC#N)cc1. The number of nitrogens with zero attached hydrogens (tertiary/aromatic N) is 5. The lowest BCUT2D eigenvalue weighted by Crippen LogP contribution is -2.43. The second-order valence-corrected chi connectivity index (χ2v) is 16.7. The molecule has 2 aromatic heterocycles. The molecule has 2 aliphatic carbocycles. The van der Waals surface area contributed by atoms with E-state index in [4.69, 9.17) is 52.4 Å². The Morgan fingerprint density at radius 1 is 0.612 bits per heavy atom. The minimum Gasteiger partial charge on any atom is -0.460 e. The van der Waals surface area contributed by atoms with Crippen LogP contribution in [0.15, 0.2) is 39.9 Å². The molecule has 0 bridgehead atoms. The van der Waals surface area contributed by atoms with Gasteiger partial charge in [-0.1, -0.05) is 62.8 Å². The fraction of sp³-hybridized carbons (Fsp3) is 0.694. The minimum atomic E-state index is -0.506. The standard InChI is InChI=1S/C49H73N5O13/c1-58-20-21-59-22-23-60-24-25-61-26-27-62-28-29-63-30-31-64-32-33-65-34-35-66-36-37-67-44(55)17-14-40-12-15-43(16-13-40)46-51-47-45(52(46)19-18-50)48(56)54(39-42-10-6-3-7-11-42)49(57)53(47)38-41-8-4-2-5-9-41/h12-17,41-42H,2-11,19-39H2,1H3. The summed E-state index contributed by atoms with van der Waals surface area (Å²) in [5, 5.41) is 9.91. The fourth-order valence-corrected chi connectivity index (χ4v) is 8.26. The van der Waals surface area contributed by atoms with Crippen molar-refractivity contribution in [2.45, 2.75) is 83.8 Å². The fourth-order valence-electron chi connectivity index (χ4n) is 8.26. The van der Waals surface area contributed by atoms with Crippen LogP contribution in [0.1, 0.15) is 69.8 Å². The van der Waals surface area contributed by atoms with Gasteiger partial charge in [-0.2, -0.15) is 5.26 Å². The summed E-state index contributed by atoms with van der Waals surface area (Å²) in [5.74, 6) is 0.544. The lowest BCUT2D eigenvalue weighted by atomic mass is 9.89. The maximum absolute atomic E-state index is 14.2. The summed E-state index contributed by atoms with van der Waals surface area (Å²) >= 11 is 0. The van der Waals surface area contributed by atoms with Crippen LogP contribution in [0.25, 0.3) is 28.6 Å². The molecule has 67 heavy (non-hydrogen) atoms. The highest BCUT2D eigenvalue weighted by Gasteiger charge is 2.26. The Kier molecular flexibility index (Phi) is 26.0. The van der Waals surface area contributed by atoms with Gasteiger partial charge in [0.2, 0.25) is 0 Å². The summed E-state index contributed by atoms with van der Waals surface area (Å²) in [4.78, 5) is 45.6. The average molecular weight is 940 g/mol. The Labute approximate surface area is 394 Å². The Morgan fingerprint density at radius 2 is 1.04 bits per heavy atom. The molecule has 2 aliphatic rings. The molecule has 372 valence electrons. The molecule has 0 N–H and O–H groups in total. The third-order valence-corrected chi connectivity index (χ3v) is 11.8. The maximum atomic E-state index is 14.2. The van der Waals surface area contributed by atoms with Crippen LogP contribution in [-0.4, -0.2) is 151 Å². The van der Waals surface area contributed by atoms with Gasteiger partial charge in [-0.05, 0) is 49.2 Å². The lowest BCUT2D eigenvalue weighted by Gasteiger charge is -2.24. The van der Waals surface area contributed by atoms with E-state index in [-0.39, 0.29) is 36.9 Å². The molecule has 2 heterocycles. The van der Waals surface area contributed by atoms with Crippen molar-refractivity contribution in [1.82, 2.24) is 18.7 Å². The normalized spacial score (nSPS) is 14.9. The maximum Gasteiger partial charge on any atom is 0.332 e. The van der Waals surface area contributed by atoms with Crippen molar-refractivity contribution in [2.24, 2.45) is 11.8 Å². The first-order valence-electron chi connectivity index (χ1n) is 24.2. The molecule has 5 rings (SSSR count). The van der Waals surface area contributed by atoms with Crippen LogP contribution < -0.4 is 11.2 Å². The van der Waals surface area contributed by atoms with E-state index in [1.54, 1.807) is 22.3 Å². The largest absolute Gasteiger partial charge is 0.460 e. The van der Waals surface area contributed by atoms with Crippen LogP contribution in [0.4, 0.5) is 0 Å². The quantitative estimate of drug-likeness (QED) is 0.0432. The van der Waals surface area contributed by atoms with Crippen molar-refractivity contribution in [1.29, 1.82) is 5.26 Å². The van der Waals surface area contributed by atoms with Gasteiger partial charge in [0.05, 0.1) is 118 Å². The number of carbonyl (C=O) groups is 1. The van der Waals surface area contributed by atoms with Crippen LogP contribution in [-0.2, 0) is 71.8 Å². The monoisotopic (exact) mass is 940 g/mol. The number of carbonyl (C=O) groups excluding carboxylic acids is 1. The van der Waals surface area contributed by atoms with E-state index in [0.29, 0.717) is 147 Å². The highest BCUT2D eigenvalue weighted by molar-refractivity contribution is 5.87. The summed E-state index contributed by atoms with van der Waals surface area (Å²) in [7, 11) is 1.64. The van der Waals surface area contributed by atoms with Gasteiger partial charge in [0.15, 0.2) is 11.2 Å². The number of hydrogen-bond donors (Lipinski definition) is 0. The molecule has 0 unspecified atom stereocenters. The Morgan fingerprint density at radius 3 is 1.49 bits per heavy atom. The van der Waals surface area contributed by atoms with Crippen LogP contribution in [0.2, 0.25) is 0 Å². The molecule has 0 amide bonds. The molecule has 18 nitrogen and oxygen atoms in total. The number of methoxy groups -OCH3 is 1. The van der Waals surface area contributed by atoms with Crippen LogP contribution in [0.3, 0.4) is 0 Å². The second-order valence-electron chi connectivity index (χ2n) is 16.7. The number of esters is 1. The zero-order chi connectivity index (χ0) is 47.2. The molecule has 18 heteroatoms. The lowest BCUT2D eigenvalue weighted by molar-refractivity contribution is -0.139. The smallest absolute Gasteiger partial charge is 0.332 e. The first kappa shape index (κ1) is 53.7. The van der Waals surface area contributed by atoms with Gasteiger partial charge >= 0.3 is 11.7 Å². The van der Waals surface area contributed by atoms with Crippen molar-refractivity contribution >= 4 is 23.2 Å². The Balaban J connectivity index is 0.939. The molecular formula is C49H73N5O13. The Bertz CT molecular complexity index is 2030. The number of aromatic nitrogens is 4. The van der Waals surface area contributed by atoms with Crippen LogP contribution >= 0.6 is 0 Å². The average Bonchev–Trinajstić information content (AvgIpc) is 3.73. The first-order valence-corrected chi connectivity index (χ1v) is 24.2. The molecule has 1 aromatic carbocycles. The van der Waals surface area contributed by atoms with Gasteiger partial charge in [-0.15, -0.1) is 0 Å². The molecule has 2 saturated carbocycles. The van der Waals surface area contributed by atoms with E-state index < -0.39 is 5.97 Å². The number of ether oxygens (including phenoxy) is 10. The molecule has 0 saturated heterocycles. The Hall–Kier alpha value is -4.29. The zero-order valence-corrected chi connectivity index (χ0v) is 39.6. The van der Waals surface area contributed by atoms with Gasteiger partial charge in [0.25, 0.3) is 5.56 Å². The van der Waals surface area contributed by atoms with E-state index >= 15 is 0 Å². The van der Waals surface area contributed by atoms with Crippen molar-refractivity contribution in [3.8, 4) is 17.5 Å². The number of benzene rings is 1. The van der Waals surface area contributed by atoms with Crippen LogP contribution in [0.5, 0.6) is 0 Å². The highest BCUT2D eigenvalue weighted by atomic mass is 16.6. The van der Waals surface area contributed by atoms with Crippen molar-refractivity contribution < 1.29 is 52.2 Å². The molecule has 3 aromatic rings. The number of rotatable bonds is 35. The molecular weight excluding hydrogens is 867 g/mol. The highest BCUT2D eigenvalue weighted by Crippen LogP contribution is 2.29. The molecule has 0 radical (unpaired) electrons. The number of fused-ring (bicyclic) bond motifs is 1. The minimum absolute atomic E-state index is 0.0925. The molecule has 0 atom stereocenters. The van der Waals surface area contributed by atoms with E-state index in [0.717, 1.165) is 56.9 Å². The van der Waals surface area contributed by atoms with Gasteiger partial charge < -0.3 is 51.9 Å². The summed E-state index contributed by atoms with van der Waals surface area (Å²) < 4.78 is 58.7. The predicted octanol–water partition coefficient (Wildman–Crippen LogP) is 5.05. The third kappa shape index (κ3) is 19.3. The number of imidazole rings is 1. The van der Waals surface area contributed by atoms with Crippen molar-refractivity contribution in [3.05, 3.63) is 56.7 Å². The van der Waals surface area contributed by atoms with E-state index in [2.05, 4.69) is 6.07 Å². The molecule has 0 spiro atoms. The second kappa shape index (κ2) is 32.5. The van der Waals surface area contributed by atoms with E-state index in [9.17, 15) is 19.6 Å². The van der Waals surface area contributed by atoms with Crippen LogP contribution in [0, 0.1) is 23.2 Å². The van der Waals surface area contributed by atoms with Crippen molar-refractivity contribution in [3.63, 3.8) is 0 Å². The summed E-state index contributed by atoms with van der Waals surface area (Å²) in [6.07, 6.45) is 13.9. The predicted molar refractivity (Wildman–Crippen MR) is 251 cm³/mol. The molecule has 0 aliphatic heterocycles. The van der Waals surface area contributed by atoms with Gasteiger partial charge in [-0.25, -0.2) is 14.6 Å². The third-order valence-electron chi connectivity index (χ3n) is 11.8. The summed E-state index contributed by atoms with van der Waals surface area (Å²) in [6.45, 7) is 8.78. The number of nitriles is 1. The summed E-state index contributed by atoms with van der Waals surface area (Å²) in [6, 6.07) is 9.54. The zero-order valence-electron chi connectivity index (χ0n) is 39.6. The van der Waals surface area contributed by atoms with Gasteiger partial charge in [0, 0.05) is 31.8 Å². The van der Waals surface area contributed by atoms with E-state index in [1.807, 2.05) is 24.3 Å². The summed E-state index contributed by atoms with van der Waals surface area (Å²) in [5.41, 5.74) is 1.37. The topological polar surface area (TPSA) is 195 Å². The molecule has 2 fully saturated rings.